The van der Waals surface area contributed by atoms with Crippen LogP contribution in [0.3, 0.4) is 0 Å². The average molecular weight is 332 g/mol. The molecule has 0 spiro atoms. The van der Waals surface area contributed by atoms with Gasteiger partial charge in [0.15, 0.2) is 11.6 Å². The molecule has 1 N–H and O–H groups in total. The van der Waals surface area contributed by atoms with Gasteiger partial charge in [0, 0.05) is 18.9 Å². The van der Waals surface area contributed by atoms with Crippen molar-refractivity contribution in [2.45, 2.75) is 31.8 Å². The summed E-state index contributed by atoms with van der Waals surface area (Å²) in [5.74, 6) is -1.47. The van der Waals surface area contributed by atoms with Gasteiger partial charge >= 0.3 is 0 Å². The molecule has 24 heavy (non-hydrogen) atoms. The number of hydrogen-bond acceptors (Lipinski definition) is 4. The first-order chi connectivity index (χ1) is 11.6. The van der Waals surface area contributed by atoms with Crippen molar-refractivity contribution < 1.29 is 13.6 Å². The lowest BCUT2D eigenvalue weighted by atomic mass is 10.1. The van der Waals surface area contributed by atoms with Crippen LogP contribution in [0.5, 0.6) is 0 Å². The molecule has 5 nitrogen and oxygen atoms in total. The van der Waals surface area contributed by atoms with E-state index in [0.717, 1.165) is 18.6 Å². The SMILES string of the molecule is CC(NC(=O)C1CCCN1c1ncccn1)c1ccc(F)c(F)c1. The summed E-state index contributed by atoms with van der Waals surface area (Å²) in [5.41, 5.74) is 0.516. The van der Waals surface area contributed by atoms with Gasteiger partial charge in [0.05, 0.1) is 6.04 Å². The van der Waals surface area contributed by atoms with Gasteiger partial charge in [0.1, 0.15) is 6.04 Å². The molecule has 1 saturated heterocycles. The first kappa shape index (κ1) is 16.3. The second-order valence-electron chi connectivity index (χ2n) is 5.80. The fourth-order valence-corrected chi connectivity index (χ4v) is 2.89. The molecule has 7 heteroatoms. The maximum absolute atomic E-state index is 13.3. The molecule has 2 unspecified atom stereocenters. The Balaban J connectivity index is 1.70. The smallest absolute Gasteiger partial charge is 0.243 e. The van der Waals surface area contributed by atoms with Gasteiger partial charge in [-0.15, -0.1) is 0 Å². The molecule has 2 aromatic rings. The number of halogens is 2. The fourth-order valence-electron chi connectivity index (χ4n) is 2.89. The zero-order chi connectivity index (χ0) is 17.1. The van der Waals surface area contributed by atoms with E-state index >= 15 is 0 Å². The van der Waals surface area contributed by atoms with E-state index in [0.29, 0.717) is 24.5 Å². The van der Waals surface area contributed by atoms with Crippen molar-refractivity contribution in [3.8, 4) is 0 Å². The predicted octanol–water partition coefficient (Wildman–Crippen LogP) is 2.60. The van der Waals surface area contributed by atoms with Crippen LogP contribution in [0.2, 0.25) is 0 Å². The molecule has 2 heterocycles. The van der Waals surface area contributed by atoms with Crippen molar-refractivity contribution in [1.29, 1.82) is 0 Å². The molecule has 0 aliphatic carbocycles. The van der Waals surface area contributed by atoms with Crippen LogP contribution in [0.15, 0.2) is 36.7 Å². The number of aromatic nitrogens is 2. The fraction of sp³-hybridized carbons (Fsp3) is 0.353. The Kier molecular flexibility index (Phi) is 4.69. The van der Waals surface area contributed by atoms with Crippen LogP contribution in [0, 0.1) is 11.6 Å². The number of rotatable bonds is 4. The Morgan fingerprint density at radius 2 is 2.04 bits per heavy atom. The standard InChI is InChI=1S/C17H18F2N4O/c1-11(12-5-6-13(18)14(19)10-12)22-16(24)15-4-2-9-23(15)17-20-7-3-8-21-17/h3,5-8,10-11,15H,2,4,9H2,1H3,(H,22,24). The summed E-state index contributed by atoms with van der Waals surface area (Å²) >= 11 is 0. The van der Waals surface area contributed by atoms with Crippen LogP contribution in [0.1, 0.15) is 31.4 Å². The normalized spacial score (nSPS) is 18.5. The van der Waals surface area contributed by atoms with E-state index < -0.39 is 17.7 Å². The number of carbonyl (C=O) groups excluding carboxylic acids is 1. The minimum atomic E-state index is -0.922. The number of nitrogens with zero attached hydrogens (tertiary/aromatic N) is 3. The summed E-state index contributed by atoms with van der Waals surface area (Å²) in [5, 5.41) is 2.86. The maximum Gasteiger partial charge on any atom is 0.243 e. The van der Waals surface area contributed by atoms with Gasteiger partial charge in [-0.25, -0.2) is 18.7 Å². The third-order valence-corrected chi connectivity index (χ3v) is 4.17. The summed E-state index contributed by atoms with van der Waals surface area (Å²) in [6, 6.07) is 4.57. The Morgan fingerprint density at radius 1 is 1.29 bits per heavy atom. The molecule has 1 aromatic heterocycles. The van der Waals surface area contributed by atoms with Gasteiger partial charge in [0.25, 0.3) is 0 Å². The van der Waals surface area contributed by atoms with E-state index in [2.05, 4.69) is 15.3 Å². The average Bonchev–Trinajstić information content (AvgIpc) is 3.08. The zero-order valence-electron chi connectivity index (χ0n) is 13.2. The second kappa shape index (κ2) is 6.90. The minimum Gasteiger partial charge on any atom is -0.348 e. The number of hydrogen-bond donors (Lipinski definition) is 1. The summed E-state index contributed by atoms with van der Waals surface area (Å²) in [6.45, 7) is 2.45. The molecule has 0 saturated carbocycles. The lowest BCUT2D eigenvalue weighted by Gasteiger charge is -2.25. The summed E-state index contributed by atoms with van der Waals surface area (Å²) in [4.78, 5) is 22.8. The second-order valence-corrected chi connectivity index (χ2v) is 5.80. The lowest BCUT2D eigenvalue weighted by molar-refractivity contribution is -0.122. The highest BCUT2D eigenvalue weighted by Crippen LogP contribution is 2.23. The molecule has 1 aromatic carbocycles. The van der Waals surface area contributed by atoms with Crippen molar-refractivity contribution in [1.82, 2.24) is 15.3 Å². The molecule has 0 radical (unpaired) electrons. The Labute approximate surface area is 138 Å². The highest BCUT2D eigenvalue weighted by molar-refractivity contribution is 5.85. The zero-order valence-corrected chi connectivity index (χ0v) is 13.2. The molecule has 1 fully saturated rings. The molecule has 1 aliphatic heterocycles. The van der Waals surface area contributed by atoms with Crippen LogP contribution < -0.4 is 10.2 Å². The largest absolute Gasteiger partial charge is 0.348 e. The summed E-state index contributed by atoms with van der Waals surface area (Å²) in [7, 11) is 0. The van der Waals surface area contributed by atoms with E-state index in [4.69, 9.17) is 0 Å². The van der Waals surface area contributed by atoms with Gasteiger partial charge in [-0.05, 0) is 43.5 Å². The number of carbonyl (C=O) groups is 1. The molecular weight excluding hydrogens is 314 g/mol. The van der Waals surface area contributed by atoms with Gasteiger partial charge < -0.3 is 10.2 Å². The molecule has 2 atom stereocenters. The molecule has 126 valence electrons. The van der Waals surface area contributed by atoms with Gasteiger partial charge in [-0.1, -0.05) is 6.07 Å². The Hall–Kier alpha value is -2.57. The van der Waals surface area contributed by atoms with E-state index in [1.165, 1.54) is 6.07 Å². The first-order valence-corrected chi connectivity index (χ1v) is 7.85. The molecule has 0 bridgehead atoms. The highest BCUT2D eigenvalue weighted by atomic mass is 19.2. The van der Waals surface area contributed by atoms with Crippen LogP contribution in [0.25, 0.3) is 0 Å². The van der Waals surface area contributed by atoms with Crippen LogP contribution in [-0.4, -0.2) is 28.5 Å². The third-order valence-electron chi connectivity index (χ3n) is 4.17. The van der Waals surface area contributed by atoms with Gasteiger partial charge in [-0.2, -0.15) is 0 Å². The van der Waals surface area contributed by atoms with Crippen LogP contribution >= 0.6 is 0 Å². The molecule has 3 rings (SSSR count). The quantitative estimate of drug-likeness (QED) is 0.935. The summed E-state index contributed by atoms with van der Waals surface area (Å²) in [6.07, 6.45) is 4.85. The number of nitrogens with one attached hydrogen (secondary N) is 1. The first-order valence-electron chi connectivity index (χ1n) is 7.85. The number of anilines is 1. The van der Waals surface area contributed by atoms with Crippen molar-refractivity contribution in [2.75, 3.05) is 11.4 Å². The van der Waals surface area contributed by atoms with Crippen LogP contribution in [-0.2, 0) is 4.79 Å². The Morgan fingerprint density at radius 3 is 2.75 bits per heavy atom. The van der Waals surface area contributed by atoms with E-state index in [-0.39, 0.29) is 11.9 Å². The summed E-state index contributed by atoms with van der Waals surface area (Å²) < 4.78 is 26.4. The van der Waals surface area contributed by atoms with E-state index in [1.54, 1.807) is 25.4 Å². The van der Waals surface area contributed by atoms with E-state index in [9.17, 15) is 13.6 Å². The van der Waals surface area contributed by atoms with Crippen molar-refractivity contribution in [3.63, 3.8) is 0 Å². The maximum atomic E-state index is 13.3. The molecular formula is C17H18F2N4O. The van der Waals surface area contributed by atoms with E-state index in [1.807, 2.05) is 4.90 Å². The van der Waals surface area contributed by atoms with Gasteiger partial charge in [0.2, 0.25) is 11.9 Å². The lowest BCUT2D eigenvalue weighted by Crippen LogP contribution is -2.44. The highest BCUT2D eigenvalue weighted by Gasteiger charge is 2.33. The monoisotopic (exact) mass is 332 g/mol. The Bertz CT molecular complexity index is 726. The van der Waals surface area contributed by atoms with Crippen molar-refractivity contribution >= 4 is 11.9 Å². The van der Waals surface area contributed by atoms with Crippen molar-refractivity contribution in [3.05, 3.63) is 53.9 Å². The third kappa shape index (κ3) is 3.34. The van der Waals surface area contributed by atoms with Crippen molar-refractivity contribution in [2.24, 2.45) is 0 Å². The van der Waals surface area contributed by atoms with Crippen LogP contribution in [0.4, 0.5) is 14.7 Å². The minimum absolute atomic E-state index is 0.169. The predicted molar refractivity (Wildman–Crippen MR) is 85.3 cm³/mol. The topological polar surface area (TPSA) is 58.1 Å². The molecule has 1 amide bonds. The number of amides is 1. The molecule has 1 aliphatic rings. The van der Waals surface area contributed by atoms with Gasteiger partial charge in [-0.3, -0.25) is 4.79 Å². The number of benzene rings is 1.